The van der Waals surface area contributed by atoms with E-state index in [0.29, 0.717) is 19.4 Å². The van der Waals surface area contributed by atoms with E-state index in [1.807, 2.05) is 5.32 Å². The Morgan fingerprint density at radius 2 is 0.938 bits per heavy atom. The van der Waals surface area contributed by atoms with E-state index in [2.05, 4.69) is 31.9 Å². The number of primary amides is 1. The second-order valence-corrected chi connectivity index (χ2v) is 10.4. The van der Waals surface area contributed by atoms with Crippen LogP contribution in [-0.4, -0.2) is 150 Å². The number of unbranched alkanes of at least 4 members (excludes halogenated alkanes) is 1. The van der Waals surface area contributed by atoms with E-state index < -0.39 is 122 Å². The van der Waals surface area contributed by atoms with Gasteiger partial charge in [-0.3, -0.25) is 33.6 Å². The van der Waals surface area contributed by atoms with Crippen molar-refractivity contribution in [1.29, 1.82) is 0 Å². The number of rotatable bonds is 24. The van der Waals surface area contributed by atoms with E-state index in [1.54, 1.807) is 0 Å². The van der Waals surface area contributed by atoms with Gasteiger partial charge in [-0.15, -0.1) is 0 Å². The van der Waals surface area contributed by atoms with Crippen LogP contribution in [0.1, 0.15) is 32.6 Å². The Balaban J connectivity index is 5.30. The number of aliphatic hydroxyl groups is 4. The van der Waals surface area contributed by atoms with E-state index in [4.69, 9.17) is 11.5 Å². The van der Waals surface area contributed by atoms with Crippen molar-refractivity contribution in [3.05, 3.63) is 0 Å². The fraction of sp³-hybridized carbons (Fsp3) is 0.692. The number of carbonyl (C=O) groups excluding carboxylic acids is 8. The highest BCUT2D eigenvalue weighted by molar-refractivity contribution is 5.97. The van der Waals surface area contributed by atoms with Crippen LogP contribution >= 0.6 is 0 Å². The number of carbonyl (C=O) groups is 8. The third-order valence-corrected chi connectivity index (χ3v) is 6.66. The van der Waals surface area contributed by atoms with Crippen molar-refractivity contribution in [1.82, 2.24) is 37.2 Å². The predicted molar refractivity (Wildman–Crippen MR) is 160 cm³/mol. The molecule has 22 nitrogen and oxygen atoms in total. The molecule has 0 aromatic carbocycles. The third kappa shape index (κ3) is 15.4. The van der Waals surface area contributed by atoms with Gasteiger partial charge in [-0.05, 0) is 39.8 Å². The summed E-state index contributed by atoms with van der Waals surface area (Å²) >= 11 is 0. The first kappa shape index (κ1) is 43.5. The van der Waals surface area contributed by atoms with E-state index in [9.17, 15) is 63.9 Å². The van der Waals surface area contributed by atoms with Crippen molar-refractivity contribution in [3.63, 3.8) is 0 Å². The van der Waals surface area contributed by atoms with Crippen molar-refractivity contribution in [2.45, 2.75) is 74.9 Å². The summed E-state index contributed by atoms with van der Waals surface area (Å²) in [6, 6.07) is -10.6. The van der Waals surface area contributed by atoms with Gasteiger partial charge in [-0.25, -0.2) is 0 Å². The van der Waals surface area contributed by atoms with Gasteiger partial charge in [-0.2, -0.15) is 0 Å². The van der Waals surface area contributed by atoms with E-state index in [1.165, 1.54) is 7.05 Å². The fourth-order valence-corrected chi connectivity index (χ4v) is 3.81. The molecule has 0 fully saturated rings. The number of hydrogen-bond acceptors (Lipinski definition) is 15. The molecule has 0 aliphatic rings. The molecule has 0 bridgehead atoms. The maximum Gasteiger partial charge on any atom is 0.245 e. The highest BCUT2D eigenvalue weighted by atomic mass is 16.4. The number of amides is 7. The highest BCUT2D eigenvalue weighted by Gasteiger charge is 2.32. The normalized spacial score (nSPS) is 15.2. The van der Waals surface area contributed by atoms with Crippen LogP contribution in [-0.2, 0) is 38.4 Å². The molecule has 0 aromatic heterocycles. The lowest BCUT2D eigenvalue weighted by molar-refractivity contribution is -0.306. The first-order chi connectivity index (χ1) is 22.6. The standard InChI is InChI=1S/C26H47N9O13/c1-12(30-23(45)15(8-36)33-22(44)14(29-2)7-19(40)41)21(43)32-16(9-37)25(47)35-18(11-39)26(48)34-17(10-38)24(46)31-13(20(28)42)5-3-4-6-27/h12-18,29,36-39H,3-11,27H2,1-2H3,(H2,28,42)(H,30,45)(H,31,46)(H,32,43)(H,33,44)(H,34,48)(H,35,47)(H,40,41)/p-1/t12-,13-,14-,15?,16?,17?,18-/m0/s1. The molecule has 15 N–H and O–H groups in total. The van der Waals surface area contributed by atoms with Crippen molar-refractivity contribution in [3.8, 4) is 0 Å². The molecule has 0 saturated carbocycles. The number of likely N-dealkylation sites (N-methyl/N-ethyl adjacent to an activating group) is 1. The highest BCUT2D eigenvalue weighted by Crippen LogP contribution is 2.01. The molecule has 48 heavy (non-hydrogen) atoms. The molecule has 0 aliphatic carbocycles. The van der Waals surface area contributed by atoms with Crippen LogP contribution in [0.3, 0.4) is 0 Å². The summed E-state index contributed by atoms with van der Waals surface area (Å²) in [6.07, 6.45) is 0.381. The van der Waals surface area contributed by atoms with Gasteiger partial charge in [-0.1, -0.05) is 0 Å². The average molecular weight is 693 g/mol. The molecule has 0 rings (SSSR count). The summed E-state index contributed by atoms with van der Waals surface area (Å²) in [5.41, 5.74) is 10.7. The van der Waals surface area contributed by atoms with Crippen LogP contribution in [0.15, 0.2) is 0 Å². The van der Waals surface area contributed by atoms with Crippen molar-refractivity contribution in [2.75, 3.05) is 40.0 Å². The summed E-state index contributed by atoms with van der Waals surface area (Å²) in [5.74, 6) is -8.87. The van der Waals surface area contributed by atoms with Crippen LogP contribution in [0.5, 0.6) is 0 Å². The minimum Gasteiger partial charge on any atom is -0.550 e. The Hall–Kier alpha value is -4.48. The van der Waals surface area contributed by atoms with Gasteiger partial charge in [0.15, 0.2) is 0 Å². The summed E-state index contributed by atoms with van der Waals surface area (Å²) < 4.78 is 0. The first-order valence-electron chi connectivity index (χ1n) is 14.7. The van der Waals surface area contributed by atoms with Crippen LogP contribution in [0.4, 0.5) is 0 Å². The van der Waals surface area contributed by atoms with Gasteiger partial charge in [0.05, 0.1) is 32.5 Å². The number of carboxylic acids is 1. The van der Waals surface area contributed by atoms with Gasteiger partial charge < -0.3 is 79.0 Å². The molecular weight excluding hydrogens is 646 g/mol. The van der Waals surface area contributed by atoms with Gasteiger partial charge >= 0.3 is 0 Å². The smallest absolute Gasteiger partial charge is 0.245 e. The van der Waals surface area contributed by atoms with Gasteiger partial charge in [0.2, 0.25) is 41.4 Å². The Kier molecular flexibility index (Phi) is 20.8. The van der Waals surface area contributed by atoms with Crippen molar-refractivity contribution < 1.29 is 63.9 Å². The molecule has 22 heteroatoms. The molecule has 274 valence electrons. The van der Waals surface area contributed by atoms with Crippen LogP contribution in [0.2, 0.25) is 0 Å². The largest absolute Gasteiger partial charge is 0.550 e. The second kappa shape index (κ2) is 22.9. The monoisotopic (exact) mass is 692 g/mol. The van der Waals surface area contributed by atoms with Crippen LogP contribution < -0.4 is 53.8 Å². The fourth-order valence-electron chi connectivity index (χ4n) is 3.81. The van der Waals surface area contributed by atoms with Gasteiger partial charge in [0, 0.05) is 12.4 Å². The van der Waals surface area contributed by atoms with Gasteiger partial charge in [0.25, 0.3) is 0 Å². The Morgan fingerprint density at radius 1 is 0.583 bits per heavy atom. The Labute approximate surface area is 275 Å². The maximum absolute atomic E-state index is 12.7. The molecule has 3 unspecified atom stereocenters. The molecule has 0 aliphatic heterocycles. The first-order valence-corrected chi connectivity index (χ1v) is 14.7. The number of hydrogen-bond donors (Lipinski definition) is 13. The molecule has 7 atom stereocenters. The van der Waals surface area contributed by atoms with Gasteiger partial charge in [0.1, 0.15) is 36.3 Å². The van der Waals surface area contributed by atoms with E-state index >= 15 is 0 Å². The van der Waals surface area contributed by atoms with Crippen molar-refractivity contribution >= 4 is 47.3 Å². The predicted octanol–water partition coefficient (Wildman–Crippen LogP) is -9.77. The molecule has 7 amide bonds. The number of aliphatic carboxylic acids is 1. The summed E-state index contributed by atoms with van der Waals surface area (Å²) in [4.78, 5) is 97.9. The minimum atomic E-state index is -1.76. The number of carboxylic acid groups (broad SMARTS) is 1. The van der Waals surface area contributed by atoms with E-state index in [-0.39, 0.29) is 6.42 Å². The zero-order valence-electron chi connectivity index (χ0n) is 26.5. The quantitative estimate of drug-likeness (QED) is 0.0418. The Bertz CT molecular complexity index is 1130. The topological polar surface area (TPSA) is 377 Å². The number of aliphatic hydroxyl groups excluding tert-OH is 4. The molecule has 0 radical (unpaired) electrons. The summed E-state index contributed by atoms with van der Waals surface area (Å²) in [5, 5.41) is 64.5. The zero-order valence-corrected chi connectivity index (χ0v) is 26.5. The lowest BCUT2D eigenvalue weighted by atomic mass is 10.1. The molecule has 0 heterocycles. The van der Waals surface area contributed by atoms with Crippen molar-refractivity contribution in [2.24, 2.45) is 11.5 Å². The van der Waals surface area contributed by atoms with Crippen LogP contribution in [0.25, 0.3) is 0 Å². The lowest BCUT2D eigenvalue weighted by Gasteiger charge is -2.25. The SMILES string of the molecule is CN[C@@H](CC(=O)[O-])C(=O)NC(CO)C(=O)N[C@@H](C)C(=O)NC(CO)C(=O)N[C@@H](CO)C(=O)NC(CO)C(=O)N[C@@H](CCCCN)C(N)=O. The summed E-state index contributed by atoms with van der Waals surface area (Å²) in [6.45, 7) is -2.48. The van der Waals surface area contributed by atoms with E-state index in [0.717, 1.165) is 6.92 Å². The maximum atomic E-state index is 12.7. The third-order valence-electron chi connectivity index (χ3n) is 6.66. The molecular formula is C26H46N9O13-. The zero-order chi connectivity index (χ0) is 37.0. The number of nitrogens with one attached hydrogen (secondary N) is 7. The van der Waals surface area contributed by atoms with Crippen LogP contribution in [0, 0.1) is 0 Å². The average Bonchev–Trinajstić information content (AvgIpc) is 3.04. The molecule has 0 saturated heterocycles. The minimum absolute atomic E-state index is 0.138. The second-order valence-electron chi connectivity index (χ2n) is 10.4. The molecule has 0 aromatic rings. The summed E-state index contributed by atoms with van der Waals surface area (Å²) in [7, 11) is 1.27. The lowest BCUT2D eigenvalue weighted by Crippen LogP contribution is -2.61. The Morgan fingerprint density at radius 3 is 1.27 bits per heavy atom. The number of nitrogens with two attached hydrogens (primary N) is 2. The molecule has 0 spiro atoms.